The second kappa shape index (κ2) is 15.0. The highest BCUT2D eigenvalue weighted by atomic mass is 14.4. The zero-order chi connectivity index (χ0) is 41.0. The van der Waals surface area contributed by atoms with Gasteiger partial charge in [0.1, 0.15) is 0 Å². The molecule has 2 aliphatic carbocycles. The Labute approximate surface area is 364 Å². The van der Waals surface area contributed by atoms with Gasteiger partial charge in [0, 0.05) is 11.8 Å². The molecular weight excluding hydrogens is 745 g/mol. The Morgan fingerprint density at radius 2 is 0.435 bits per heavy atom. The lowest BCUT2D eigenvalue weighted by atomic mass is 9.77. The average molecular weight is 787 g/mol. The standard InChI is InChI=1S/C62H42/c1-4-20-41(21-5-1)44-38-45(49-36-18-34-47(42-22-6-2-7-23-42)59(49)61-55-30-14-10-26-51(55)52-27-11-15-31-56(52)61)40-46(39-44)50-37-19-35-48(43-24-8-3-9-25-43)60(50)62-57-32-16-12-28-53(57)54-29-13-17-33-58(54)62/h1-40,61-62H. The van der Waals surface area contributed by atoms with Gasteiger partial charge in [0.15, 0.2) is 0 Å². The molecule has 10 aromatic rings. The van der Waals surface area contributed by atoms with Crippen LogP contribution in [0.25, 0.3) is 77.9 Å². The smallest absolute Gasteiger partial charge is 0.0364 e. The van der Waals surface area contributed by atoms with Crippen molar-refractivity contribution in [3.8, 4) is 77.9 Å². The Kier molecular flexibility index (Phi) is 8.75. The Bertz CT molecular complexity index is 2990. The van der Waals surface area contributed by atoms with E-state index in [0.29, 0.717) is 0 Å². The van der Waals surface area contributed by atoms with Crippen molar-refractivity contribution in [2.75, 3.05) is 0 Å². The Hall–Kier alpha value is -7.80. The van der Waals surface area contributed by atoms with Crippen molar-refractivity contribution in [2.24, 2.45) is 0 Å². The van der Waals surface area contributed by atoms with E-state index < -0.39 is 0 Å². The summed E-state index contributed by atoms with van der Waals surface area (Å²) in [5, 5.41) is 0. The molecule has 0 nitrogen and oxygen atoms in total. The molecule has 0 aromatic heterocycles. The molecule has 290 valence electrons. The van der Waals surface area contributed by atoms with Crippen LogP contribution < -0.4 is 0 Å². The van der Waals surface area contributed by atoms with Crippen molar-refractivity contribution in [3.05, 3.63) is 276 Å². The van der Waals surface area contributed by atoms with Crippen molar-refractivity contribution in [1.82, 2.24) is 0 Å². The second-order valence-electron chi connectivity index (χ2n) is 16.6. The lowest BCUT2D eigenvalue weighted by Gasteiger charge is -2.25. The van der Waals surface area contributed by atoms with Crippen LogP contribution in [0.15, 0.2) is 243 Å². The fraction of sp³-hybridized carbons (Fsp3) is 0.0323. The third-order valence-corrected chi connectivity index (χ3v) is 13.3. The van der Waals surface area contributed by atoms with Crippen molar-refractivity contribution in [3.63, 3.8) is 0 Å². The largest absolute Gasteiger partial charge is 0.0622 e. The molecule has 0 atom stereocenters. The SMILES string of the molecule is c1ccc(-c2cc(-c3cccc(-c4ccccc4)c3C3c4ccccc4-c4ccccc43)cc(-c3cccc(-c4ccccc4)c3C3c4ccccc4-c4ccccc43)c2)cc1. The molecule has 0 saturated heterocycles. The molecule has 0 bridgehead atoms. The van der Waals surface area contributed by atoms with Crippen LogP contribution in [0.5, 0.6) is 0 Å². The van der Waals surface area contributed by atoms with E-state index in [-0.39, 0.29) is 11.8 Å². The molecule has 0 amide bonds. The highest BCUT2D eigenvalue weighted by molar-refractivity contribution is 5.93. The van der Waals surface area contributed by atoms with E-state index >= 15 is 0 Å². The van der Waals surface area contributed by atoms with E-state index in [4.69, 9.17) is 0 Å². The van der Waals surface area contributed by atoms with E-state index in [2.05, 4.69) is 243 Å². The third-order valence-electron chi connectivity index (χ3n) is 13.3. The first-order valence-corrected chi connectivity index (χ1v) is 21.7. The van der Waals surface area contributed by atoms with Gasteiger partial charge in [0.25, 0.3) is 0 Å². The predicted molar refractivity (Wildman–Crippen MR) is 259 cm³/mol. The molecular formula is C62H42. The van der Waals surface area contributed by atoms with Gasteiger partial charge in [-0.1, -0.05) is 224 Å². The van der Waals surface area contributed by atoms with Gasteiger partial charge in [-0.15, -0.1) is 0 Å². The molecule has 62 heavy (non-hydrogen) atoms. The van der Waals surface area contributed by atoms with Crippen LogP contribution in [0.2, 0.25) is 0 Å². The highest BCUT2D eigenvalue weighted by Crippen LogP contribution is 2.55. The number of rotatable bonds is 7. The first-order valence-electron chi connectivity index (χ1n) is 21.7. The number of benzene rings is 10. The molecule has 0 heterocycles. The highest BCUT2D eigenvalue weighted by Gasteiger charge is 2.35. The molecule has 0 spiro atoms. The monoisotopic (exact) mass is 786 g/mol. The summed E-state index contributed by atoms with van der Waals surface area (Å²) in [6.45, 7) is 0. The van der Waals surface area contributed by atoms with Crippen LogP contribution in [0.1, 0.15) is 45.2 Å². The predicted octanol–water partition coefficient (Wildman–Crippen LogP) is 16.3. The van der Waals surface area contributed by atoms with Crippen LogP contribution in [0.3, 0.4) is 0 Å². The summed E-state index contributed by atoms with van der Waals surface area (Å²) in [6, 6.07) is 90.2. The summed E-state index contributed by atoms with van der Waals surface area (Å²) in [6.07, 6.45) is 0. The Morgan fingerprint density at radius 1 is 0.177 bits per heavy atom. The topological polar surface area (TPSA) is 0 Å². The van der Waals surface area contributed by atoms with E-state index in [1.165, 1.54) is 111 Å². The first-order chi connectivity index (χ1) is 30.8. The van der Waals surface area contributed by atoms with E-state index in [1.54, 1.807) is 0 Å². The molecule has 0 N–H and O–H groups in total. The van der Waals surface area contributed by atoms with E-state index in [0.717, 1.165) is 0 Å². The molecule has 10 aromatic carbocycles. The van der Waals surface area contributed by atoms with Crippen LogP contribution in [-0.2, 0) is 0 Å². The molecule has 0 unspecified atom stereocenters. The van der Waals surface area contributed by atoms with Crippen molar-refractivity contribution < 1.29 is 0 Å². The number of hydrogen-bond donors (Lipinski definition) is 0. The van der Waals surface area contributed by atoms with Crippen molar-refractivity contribution >= 4 is 0 Å². The fourth-order valence-electron chi connectivity index (χ4n) is 10.7. The Morgan fingerprint density at radius 3 is 0.790 bits per heavy atom. The van der Waals surface area contributed by atoms with Gasteiger partial charge in [-0.25, -0.2) is 0 Å². The maximum absolute atomic E-state index is 2.48. The summed E-state index contributed by atoms with van der Waals surface area (Å²) in [5.41, 5.74) is 25.7. The van der Waals surface area contributed by atoms with Crippen LogP contribution in [0, 0.1) is 0 Å². The lowest BCUT2D eigenvalue weighted by molar-refractivity contribution is 1.02. The number of hydrogen-bond acceptors (Lipinski definition) is 0. The van der Waals surface area contributed by atoms with Gasteiger partial charge < -0.3 is 0 Å². The summed E-state index contributed by atoms with van der Waals surface area (Å²) in [7, 11) is 0. The summed E-state index contributed by atoms with van der Waals surface area (Å²) in [4.78, 5) is 0. The molecule has 0 fully saturated rings. The second-order valence-corrected chi connectivity index (χ2v) is 16.6. The molecule has 0 aliphatic heterocycles. The van der Waals surface area contributed by atoms with Gasteiger partial charge in [-0.3, -0.25) is 0 Å². The molecule has 0 radical (unpaired) electrons. The average Bonchev–Trinajstić information content (AvgIpc) is 3.87. The Balaban J connectivity index is 1.16. The summed E-state index contributed by atoms with van der Waals surface area (Å²) >= 11 is 0. The molecule has 0 heteroatoms. The first kappa shape index (κ1) is 36.1. The van der Waals surface area contributed by atoms with Gasteiger partial charge in [-0.2, -0.15) is 0 Å². The minimum absolute atomic E-state index is 0.0566. The van der Waals surface area contributed by atoms with Crippen LogP contribution >= 0.6 is 0 Å². The quantitative estimate of drug-likeness (QED) is 0.151. The minimum Gasteiger partial charge on any atom is -0.0622 e. The van der Waals surface area contributed by atoms with Crippen molar-refractivity contribution in [1.29, 1.82) is 0 Å². The van der Waals surface area contributed by atoms with Gasteiger partial charge in [0.05, 0.1) is 0 Å². The lowest BCUT2D eigenvalue weighted by Crippen LogP contribution is -2.06. The zero-order valence-electron chi connectivity index (χ0n) is 34.2. The third kappa shape index (κ3) is 5.91. The van der Waals surface area contributed by atoms with E-state index in [1.807, 2.05) is 0 Å². The minimum atomic E-state index is 0.0566. The number of fused-ring (bicyclic) bond motifs is 6. The van der Waals surface area contributed by atoms with Gasteiger partial charge in [-0.05, 0) is 129 Å². The normalized spacial score (nSPS) is 12.7. The van der Waals surface area contributed by atoms with Crippen LogP contribution in [-0.4, -0.2) is 0 Å². The van der Waals surface area contributed by atoms with Gasteiger partial charge in [0.2, 0.25) is 0 Å². The van der Waals surface area contributed by atoms with Crippen LogP contribution in [0.4, 0.5) is 0 Å². The molecule has 2 aliphatic rings. The zero-order valence-corrected chi connectivity index (χ0v) is 34.2. The maximum atomic E-state index is 2.48. The fourth-order valence-corrected chi connectivity index (χ4v) is 10.7. The molecule has 0 saturated carbocycles. The summed E-state index contributed by atoms with van der Waals surface area (Å²) < 4.78 is 0. The van der Waals surface area contributed by atoms with Crippen molar-refractivity contribution in [2.45, 2.75) is 11.8 Å². The van der Waals surface area contributed by atoms with Gasteiger partial charge >= 0.3 is 0 Å². The molecule has 12 rings (SSSR count). The maximum Gasteiger partial charge on any atom is 0.0364 e. The summed E-state index contributed by atoms with van der Waals surface area (Å²) in [5.74, 6) is 0.113. The van der Waals surface area contributed by atoms with E-state index in [9.17, 15) is 0 Å².